The minimum absolute atomic E-state index is 1.06. The summed E-state index contributed by atoms with van der Waals surface area (Å²) in [6.45, 7) is 0. The van der Waals surface area contributed by atoms with Gasteiger partial charge in [-0.1, -0.05) is 0 Å². The molecule has 0 heterocycles. The van der Waals surface area contributed by atoms with E-state index in [0.717, 1.165) is 16.7 Å². The molecule has 0 aromatic heterocycles. The van der Waals surface area contributed by atoms with Crippen LogP contribution in [0.5, 0.6) is 0 Å². The molecule has 0 spiro atoms. The summed E-state index contributed by atoms with van der Waals surface area (Å²) in [5.74, 6) is 0. The summed E-state index contributed by atoms with van der Waals surface area (Å²) in [4.78, 5) is 0. The third-order valence-corrected chi connectivity index (χ3v) is 2.46. The Labute approximate surface area is 104 Å². The second-order valence-corrected chi connectivity index (χ2v) is 3.65. The molecule has 0 saturated carbocycles. The molecule has 76 valence electrons. The van der Waals surface area contributed by atoms with E-state index < -0.39 is 0 Å². The molecule has 0 radical (unpaired) electrons. The predicted molar refractivity (Wildman–Crippen MR) is 63.9 cm³/mol. The molecule has 0 bridgehead atoms. The maximum atomic E-state index is 3.13. The van der Waals surface area contributed by atoms with Crippen LogP contribution in [0.3, 0.4) is 0 Å². The molecule has 0 N–H and O–H groups in total. The SMILES string of the molecule is [Cr]=[C]=C=C(c1ccccc1)c1ccccc1. The maximum absolute atomic E-state index is 3.13. The van der Waals surface area contributed by atoms with Gasteiger partial charge in [0.2, 0.25) is 0 Å². The van der Waals surface area contributed by atoms with Crippen molar-refractivity contribution in [1.29, 1.82) is 0 Å². The van der Waals surface area contributed by atoms with Crippen molar-refractivity contribution >= 4 is 10.1 Å². The first-order valence-corrected chi connectivity index (χ1v) is 5.66. The molecule has 2 rings (SSSR count). The van der Waals surface area contributed by atoms with E-state index in [1.165, 1.54) is 0 Å². The van der Waals surface area contributed by atoms with Crippen LogP contribution in [0.25, 0.3) is 5.57 Å². The van der Waals surface area contributed by atoms with Gasteiger partial charge >= 0.3 is 103 Å². The van der Waals surface area contributed by atoms with Gasteiger partial charge in [-0.05, 0) is 0 Å². The molecule has 0 amide bonds. The molecule has 0 unspecified atom stereocenters. The normalized spacial score (nSPS) is 9.00. The zero-order valence-corrected chi connectivity index (χ0v) is 9.96. The molecular weight excluding hydrogens is 232 g/mol. The van der Waals surface area contributed by atoms with Crippen molar-refractivity contribution in [3.05, 3.63) is 77.5 Å². The Morgan fingerprint density at radius 2 is 1.19 bits per heavy atom. The zero-order valence-electron chi connectivity index (χ0n) is 8.68. The van der Waals surface area contributed by atoms with Crippen LogP contribution < -0.4 is 0 Å². The first kappa shape index (κ1) is 10.9. The first-order chi connectivity index (χ1) is 7.92. The van der Waals surface area contributed by atoms with E-state index in [-0.39, 0.29) is 0 Å². The number of hydrogen-bond donors (Lipinski definition) is 0. The van der Waals surface area contributed by atoms with Gasteiger partial charge in [0.05, 0.1) is 0 Å². The molecule has 0 nitrogen and oxygen atoms in total. The average molecular weight is 242 g/mol. The monoisotopic (exact) mass is 242 g/mol. The molecule has 2 aromatic rings. The van der Waals surface area contributed by atoms with Crippen LogP contribution in [-0.2, 0) is 15.9 Å². The van der Waals surface area contributed by atoms with Gasteiger partial charge in [-0.15, -0.1) is 0 Å². The Morgan fingerprint density at radius 1 is 0.750 bits per heavy atom. The van der Waals surface area contributed by atoms with Crippen molar-refractivity contribution in [3.8, 4) is 0 Å². The van der Waals surface area contributed by atoms with Crippen LogP contribution in [0.1, 0.15) is 11.1 Å². The molecule has 0 atom stereocenters. The van der Waals surface area contributed by atoms with E-state index in [1.807, 2.05) is 36.4 Å². The van der Waals surface area contributed by atoms with E-state index in [0.29, 0.717) is 0 Å². The number of benzene rings is 2. The summed E-state index contributed by atoms with van der Waals surface area (Å²) < 4.78 is 2.85. The summed E-state index contributed by atoms with van der Waals surface area (Å²) in [5, 5.41) is 0. The van der Waals surface area contributed by atoms with Crippen molar-refractivity contribution in [1.82, 2.24) is 0 Å². The summed E-state index contributed by atoms with van der Waals surface area (Å²) >= 11 is 2.73. The van der Waals surface area contributed by atoms with Crippen molar-refractivity contribution < 1.29 is 15.9 Å². The van der Waals surface area contributed by atoms with E-state index in [2.05, 4.69) is 50.4 Å². The van der Waals surface area contributed by atoms with Crippen molar-refractivity contribution in [3.63, 3.8) is 0 Å². The summed E-state index contributed by atoms with van der Waals surface area (Å²) in [5.41, 5.74) is 6.48. The van der Waals surface area contributed by atoms with E-state index in [4.69, 9.17) is 0 Å². The molecule has 0 fully saturated rings. The van der Waals surface area contributed by atoms with Gasteiger partial charge in [-0.25, -0.2) is 0 Å². The van der Waals surface area contributed by atoms with Crippen molar-refractivity contribution in [2.24, 2.45) is 0 Å². The van der Waals surface area contributed by atoms with E-state index in [1.54, 1.807) is 0 Å². The number of hydrogen-bond acceptors (Lipinski definition) is 0. The van der Waals surface area contributed by atoms with Gasteiger partial charge in [-0.3, -0.25) is 0 Å². The van der Waals surface area contributed by atoms with Gasteiger partial charge in [0.1, 0.15) is 0 Å². The third-order valence-electron chi connectivity index (χ3n) is 2.30. The quantitative estimate of drug-likeness (QED) is 0.709. The Hall–Kier alpha value is -1.60. The third kappa shape index (κ3) is 2.50. The summed E-state index contributed by atoms with van der Waals surface area (Å²) in [6.07, 6.45) is 0. The van der Waals surface area contributed by atoms with Crippen LogP contribution in [0.2, 0.25) is 0 Å². The fourth-order valence-corrected chi connectivity index (χ4v) is 1.73. The van der Waals surface area contributed by atoms with Gasteiger partial charge in [0.25, 0.3) is 0 Å². The fourth-order valence-electron chi connectivity index (χ4n) is 1.57. The summed E-state index contributed by atoms with van der Waals surface area (Å²) in [6, 6.07) is 20.4. The van der Waals surface area contributed by atoms with E-state index in [9.17, 15) is 0 Å². The summed E-state index contributed by atoms with van der Waals surface area (Å²) in [7, 11) is 0. The standard InChI is InChI=1S/C15H10.Cr/c1-2-15(13-9-5-3-6-10-13)14-11-7-4-8-12-14;/h3-12H;. The van der Waals surface area contributed by atoms with Crippen LogP contribution in [0.15, 0.2) is 66.4 Å². The van der Waals surface area contributed by atoms with Crippen molar-refractivity contribution in [2.45, 2.75) is 0 Å². The van der Waals surface area contributed by atoms with Gasteiger partial charge < -0.3 is 0 Å². The molecule has 16 heavy (non-hydrogen) atoms. The van der Waals surface area contributed by atoms with Crippen LogP contribution in [0.4, 0.5) is 0 Å². The van der Waals surface area contributed by atoms with Crippen LogP contribution in [0, 0.1) is 0 Å². The molecule has 1 heteroatoms. The molecular formula is C15H10Cr. The second-order valence-electron chi connectivity index (χ2n) is 3.33. The van der Waals surface area contributed by atoms with Crippen LogP contribution in [-0.4, -0.2) is 4.54 Å². The fraction of sp³-hybridized carbons (Fsp3) is 0. The van der Waals surface area contributed by atoms with Crippen molar-refractivity contribution in [2.75, 3.05) is 0 Å². The molecule has 0 aliphatic heterocycles. The minimum atomic E-state index is 1.06. The molecule has 0 aliphatic carbocycles. The van der Waals surface area contributed by atoms with Gasteiger partial charge in [0, 0.05) is 0 Å². The Balaban J connectivity index is 2.58. The Morgan fingerprint density at radius 3 is 1.56 bits per heavy atom. The molecule has 0 aliphatic rings. The first-order valence-electron chi connectivity index (χ1n) is 5.03. The zero-order chi connectivity index (χ0) is 11.2. The second kappa shape index (κ2) is 5.48. The predicted octanol–water partition coefficient (Wildman–Crippen LogP) is 3.22. The Kier molecular flexibility index (Phi) is 3.73. The van der Waals surface area contributed by atoms with E-state index >= 15 is 0 Å². The Bertz CT molecular complexity index is 501. The van der Waals surface area contributed by atoms with Gasteiger partial charge in [0.15, 0.2) is 0 Å². The number of rotatable bonds is 2. The molecule has 0 saturated heterocycles. The van der Waals surface area contributed by atoms with Crippen LogP contribution >= 0.6 is 0 Å². The average Bonchev–Trinajstić information content (AvgIpc) is 2.38. The molecule has 2 aromatic carbocycles. The van der Waals surface area contributed by atoms with Gasteiger partial charge in [-0.2, -0.15) is 0 Å². The topological polar surface area (TPSA) is 0 Å².